The summed E-state index contributed by atoms with van der Waals surface area (Å²) < 4.78 is 9.24. The minimum atomic E-state index is 0.639. The molecule has 8 heteroatoms. The number of aryl methyl sites for hydroxylation is 5. The van der Waals surface area contributed by atoms with Crippen molar-refractivity contribution in [1.29, 1.82) is 0 Å². The van der Waals surface area contributed by atoms with E-state index in [9.17, 15) is 0 Å². The van der Waals surface area contributed by atoms with Gasteiger partial charge in [0.2, 0.25) is 0 Å². The molecule has 4 heterocycles. The summed E-state index contributed by atoms with van der Waals surface area (Å²) >= 11 is 0. The van der Waals surface area contributed by atoms with Gasteiger partial charge in [0.25, 0.3) is 0 Å². The Labute approximate surface area is 795 Å². The van der Waals surface area contributed by atoms with Crippen molar-refractivity contribution < 1.29 is 0 Å². The molecule has 0 aliphatic carbocycles. The molecule has 0 spiro atoms. The van der Waals surface area contributed by atoms with Crippen molar-refractivity contribution in [1.82, 2.24) is 38.2 Å². The van der Waals surface area contributed by atoms with Crippen molar-refractivity contribution >= 4 is 173 Å². The van der Waals surface area contributed by atoms with Gasteiger partial charge in [0, 0.05) is 31.3 Å². The highest BCUT2D eigenvalue weighted by molar-refractivity contribution is 6.31. The minimum absolute atomic E-state index is 0.639. The summed E-state index contributed by atoms with van der Waals surface area (Å²) in [7, 11) is 4.32. The molecular formula is C130H86N8. The van der Waals surface area contributed by atoms with Gasteiger partial charge in [-0.3, -0.25) is 9.13 Å². The number of imidazole rings is 4. The van der Waals surface area contributed by atoms with E-state index in [1.54, 1.807) is 0 Å². The molecule has 0 aliphatic rings. The van der Waals surface area contributed by atoms with Crippen molar-refractivity contribution in [3.05, 3.63) is 447 Å². The zero-order valence-electron chi connectivity index (χ0n) is 76.6. The summed E-state index contributed by atoms with van der Waals surface area (Å²) in [6.45, 7) is 6.35. The Hall–Kier alpha value is -17.7. The standard InChI is InChI=1S/C130H86N8/c1-76-131-118-62-60-92(70-124(118)135(76)4)98-34-20-40-104-112(98)74-113-99(35-21-41-105(113)128(104)127-100-36-16-30-94(88-56-52-80-24-6-9-27-83(80)66-88)108(100)72-109-95(31-17-37-101(109)127)89-57-53-81-25-7-10-28-84(81)67-89)93-61-63-119-125(71-93)136(5)126(134-119)65-79-50-51-87-69-91(59-55-86(87)64-79)97-33-19-39-103-111(97)73-110-96(90-58-54-82-26-8-11-29-85(82)68-90)32-18-38-102(110)129(103)130-106-42-22-48-120(137-77(2)132-116-44-12-14-46-122(116)137)114(106)75-115-107(130)43-23-49-121(115)138-78(3)133-117-45-13-15-47-123(117)138/h6-64,66-75H,65H2,1-5H3. The Balaban J connectivity index is 0.592. The minimum Gasteiger partial charge on any atom is -0.331 e. The van der Waals surface area contributed by atoms with Crippen LogP contribution in [0.15, 0.2) is 419 Å². The van der Waals surface area contributed by atoms with Gasteiger partial charge in [-0.2, -0.15) is 0 Å². The molecule has 8 nitrogen and oxygen atoms in total. The highest BCUT2D eigenvalue weighted by Gasteiger charge is 2.28. The maximum Gasteiger partial charge on any atom is 0.114 e. The SMILES string of the molecule is Cc1nc2ccc(-c3cccc4c(-c5c6cccc(-c7ccc8ccccc8c7)c6cc6c(-c7ccc8ccccc8c7)cccc56)c5cccc(-c6ccc7nc(Cc8ccc9cc(-c%10cccc%11c(-c%12c%13cccc(-n%14c(C)nc%15ccccc%15%14)c%13cc%13c(-n%14c(C)nc%15ccccc%15%14)cccc%12%13)c%12cccc(-c%13ccc%14ccccc%14c%13)c%12cc%10%11)ccc9c8)n(C)c7c6)c5cc34)cc2n1C. The van der Waals surface area contributed by atoms with Crippen LogP contribution < -0.4 is 0 Å². The first-order valence-electron chi connectivity index (χ1n) is 47.7. The fourth-order valence-corrected chi connectivity index (χ4v) is 23.4. The van der Waals surface area contributed by atoms with E-state index in [2.05, 4.69) is 472 Å². The lowest BCUT2D eigenvalue weighted by Crippen LogP contribution is -2.01. The first-order chi connectivity index (χ1) is 67.9. The molecule has 646 valence electrons. The summed E-state index contributed by atoms with van der Waals surface area (Å²) in [6, 6.07) is 157. The molecule has 4 aromatic heterocycles. The fraction of sp³-hybridized carbons (Fsp3) is 0.0462. The highest BCUT2D eigenvalue weighted by Crippen LogP contribution is 2.54. The Kier molecular flexibility index (Phi) is 17.5. The van der Waals surface area contributed by atoms with Gasteiger partial charge in [0.15, 0.2) is 0 Å². The number of benzene rings is 24. The highest BCUT2D eigenvalue weighted by atomic mass is 15.1. The van der Waals surface area contributed by atoms with E-state index in [1.807, 2.05) is 0 Å². The number of hydrogen-bond acceptors (Lipinski definition) is 4. The molecule has 0 N–H and O–H groups in total. The Morgan fingerprint density at radius 2 is 0.464 bits per heavy atom. The molecule has 0 saturated carbocycles. The summed E-state index contributed by atoms with van der Waals surface area (Å²) in [5.41, 5.74) is 30.2. The monoisotopic (exact) mass is 1760 g/mol. The zero-order valence-corrected chi connectivity index (χ0v) is 76.6. The lowest BCUT2D eigenvalue weighted by Gasteiger charge is -2.22. The van der Waals surface area contributed by atoms with Crippen LogP contribution in [-0.2, 0) is 20.5 Å². The van der Waals surface area contributed by atoms with E-state index >= 15 is 0 Å². The Bertz CT molecular complexity index is 9900. The lowest BCUT2D eigenvalue weighted by molar-refractivity contribution is 0.845. The van der Waals surface area contributed by atoms with Crippen LogP contribution in [0.3, 0.4) is 0 Å². The van der Waals surface area contributed by atoms with Gasteiger partial charge >= 0.3 is 0 Å². The van der Waals surface area contributed by atoms with Crippen LogP contribution in [0.1, 0.15) is 28.9 Å². The molecule has 138 heavy (non-hydrogen) atoms. The number of nitrogens with zero attached hydrogens (tertiary/aromatic N) is 8. The molecule has 0 aliphatic heterocycles. The largest absolute Gasteiger partial charge is 0.331 e. The van der Waals surface area contributed by atoms with Gasteiger partial charge in [-0.25, -0.2) is 19.9 Å². The average molecular weight is 1760 g/mol. The van der Waals surface area contributed by atoms with E-state index in [4.69, 9.17) is 19.9 Å². The van der Waals surface area contributed by atoms with Gasteiger partial charge in [0.1, 0.15) is 23.3 Å². The molecular weight excluding hydrogens is 1670 g/mol. The number of rotatable bonds is 12. The number of hydrogen-bond donors (Lipinski definition) is 0. The molecule has 0 amide bonds. The normalized spacial score (nSPS) is 12.1. The third kappa shape index (κ3) is 12.3. The van der Waals surface area contributed by atoms with Crippen LogP contribution in [0.2, 0.25) is 0 Å². The third-order valence-corrected chi connectivity index (χ3v) is 30.0. The second-order valence-corrected chi connectivity index (χ2v) is 37.6. The molecule has 0 bridgehead atoms. The van der Waals surface area contributed by atoms with Crippen LogP contribution >= 0.6 is 0 Å². The van der Waals surface area contributed by atoms with Crippen LogP contribution in [0, 0.1) is 20.8 Å². The predicted molar refractivity (Wildman–Crippen MR) is 581 cm³/mol. The van der Waals surface area contributed by atoms with Crippen molar-refractivity contribution in [2.75, 3.05) is 0 Å². The van der Waals surface area contributed by atoms with Crippen LogP contribution in [-0.4, -0.2) is 38.2 Å². The van der Waals surface area contributed by atoms with Crippen molar-refractivity contribution in [3.63, 3.8) is 0 Å². The molecule has 0 unspecified atom stereocenters. The second kappa shape index (κ2) is 30.7. The number of aromatic nitrogens is 8. The van der Waals surface area contributed by atoms with Crippen molar-refractivity contribution in [2.24, 2.45) is 14.1 Å². The summed E-state index contributed by atoms with van der Waals surface area (Å²) in [6.07, 6.45) is 0.639. The van der Waals surface area contributed by atoms with E-state index in [0.29, 0.717) is 6.42 Å². The van der Waals surface area contributed by atoms with Gasteiger partial charge in [-0.05, 0) is 343 Å². The smallest absolute Gasteiger partial charge is 0.114 e. The predicted octanol–water partition coefficient (Wildman–Crippen LogP) is 33.8. The van der Waals surface area contributed by atoms with Crippen LogP contribution in [0.5, 0.6) is 0 Å². The quantitative estimate of drug-likeness (QED) is 0.114. The maximum absolute atomic E-state index is 5.51. The molecule has 28 rings (SSSR count). The summed E-state index contributed by atoms with van der Waals surface area (Å²) in [4.78, 5) is 20.9. The van der Waals surface area contributed by atoms with Crippen molar-refractivity contribution in [3.8, 4) is 100 Å². The Morgan fingerprint density at radius 3 is 0.855 bits per heavy atom. The summed E-state index contributed by atoms with van der Waals surface area (Å²) in [5.74, 6) is 3.82. The van der Waals surface area contributed by atoms with E-state index in [1.165, 1.54) is 169 Å². The Morgan fingerprint density at radius 1 is 0.188 bits per heavy atom. The average Bonchev–Trinajstić information content (AvgIpc) is 0.934. The molecule has 0 saturated heterocycles. The first-order valence-corrected chi connectivity index (χ1v) is 47.7. The number of fused-ring (bicyclic) bond motifs is 16. The molecule has 28 aromatic rings. The van der Waals surface area contributed by atoms with E-state index < -0.39 is 0 Å². The first kappa shape index (κ1) is 78.9. The number of para-hydroxylation sites is 4. The van der Waals surface area contributed by atoms with E-state index in [0.717, 1.165) is 134 Å². The van der Waals surface area contributed by atoms with Crippen LogP contribution in [0.4, 0.5) is 0 Å². The molecule has 0 atom stereocenters. The van der Waals surface area contributed by atoms with Crippen LogP contribution in [0.25, 0.3) is 274 Å². The van der Waals surface area contributed by atoms with Gasteiger partial charge in [-0.1, -0.05) is 309 Å². The maximum atomic E-state index is 5.51. The van der Waals surface area contributed by atoms with E-state index in [-0.39, 0.29) is 0 Å². The van der Waals surface area contributed by atoms with Gasteiger partial charge in [0.05, 0.1) is 55.5 Å². The molecule has 0 radical (unpaired) electrons. The van der Waals surface area contributed by atoms with Gasteiger partial charge < -0.3 is 9.13 Å². The second-order valence-electron chi connectivity index (χ2n) is 37.6. The van der Waals surface area contributed by atoms with Gasteiger partial charge in [-0.15, -0.1) is 0 Å². The topological polar surface area (TPSA) is 71.3 Å². The van der Waals surface area contributed by atoms with Crippen molar-refractivity contribution in [2.45, 2.75) is 27.2 Å². The lowest BCUT2D eigenvalue weighted by atomic mass is 9.81. The summed E-state index contributed by atoms with van der Waals surface area (Å²) in [5, 5.41) is 28.4. The zero-order chi connectivity index (χ0) is 91.4. The fourth-order valence-electron chi connectivity index (χ4n) is 23.4. The molecule has 0 fully saturated rings. The third-order valence-electron chi connectivity index (χ3n) is 30.0. The molecule has 24 aromatic carbocycles.